The predicted octanol–water partition coefficient (Wildman–Crippen LogP) is 9.68. The molecule has 0 aliphatic heterocycles. The molecular weight excluding hydrogens is 436 g/mol. The molecule has 1 rings (SSSR count). The molecule has 0 fully saturated rings. The van der Waals surface area contributed by atoms with Crippen LogP contribution in [-0.4, -0.2) is 25.8 Å². The van der Waals surface area contributed by atoms with Gasteiger partial charge in [-0.3, -0.25) is 0 Å². The van der Waals surface area contributed by atoms with Gasteiger partial charge < -0.3 is 14.2 Å². The molecule has 1 aromatic rings. The van der Waals surface area contributed by atoms with Crippen LogP contribution in [0.1, 0.15) is 147 Å². The van der Waals surface area contributed by atoms with E-state index in [2.05, 4.69) is 20.8 Å². The molecule has 0 heterocycles. The fraction of sp³-hybridized carbons (Fsp3) is 0.774. The molecule has 0 bridgehead atoms. The Labute approximate surface area is 216 Å². The van der Waals surface area contributed by atoms with Gasteiger partial charge in [0, 0.05) is 6.07 Å². The predicted molar refractivity (Wildman–Crippen MR) is 148 cm³/mol. The van der Waals surface area contributed by atoms with Crippen LogP contribution in [0.4, 0.5) is 0 Å². The maximum Gasteiger partial charge on any atom is 0.338 e. The summed E-state index contributed by atoms with van der Waals surface area (Å²) in [5, 5.41) is 0. The largest absolute Gasteiger partial charge is 0.493 e. The quantitative estimate of drug-likeness (QED) is 0.107. The Bertz CT molecular complexity index is 592. The van der Waals surface area contributed by atoms with Crippen molar-refractivity contribution in [3.8, 4) is 11.5 Å². The minimum absolute atomic E-state index is 0.284. The molecule has 0 N–H and O–H groups in total. The number of ether oxygens (including phenoxy) is 3. The minimum Gasteiger partial charge on any atom is -0.493 e. The number of hydrogen-bond acceptors (Lipinski definition) is 4. The van der Waals surface area contributed by atoms with Crippen LogP contribution < -0.4 is 9.47 Å². The van der Waals surface area contributed by atoms with Crippen molar-refractivity contribution in [3.63, 3.8) is 0 Å². The minimum atomic E-state index is -0.284. The van der Waals surface area contributed by atoms with E-state index in [1.54, 1.807) is 12.1 Å². The second-order valence-corrected chi connectivity index (χ2v) is 9.83. The first-order valence-electron chi connectivity index (χ1n) is 14.8. The summed E-state index contributed by atoms with van der Waals surface area (Å²) in [6.45, 7) is 8.50. The molecule has 0 saturated heterocycles. The number of rotatable bonds is 24. The van der Waals surface area contributed by atoms with Crippen LogP contribution >= 0.6 is 0 Å². The molecule has 1 aromatic carbocycles. The van der Waals surface area contributed by atoms with Crippen LogP contribution in [0.5, 0.6) is 11.5 Å². The van der Waals surface area contributed by atoms with E-state index in [4.69, 9.17) is 14.2 Å². The van der Waals surface area contributed by atoms with Crippen molar-refractivity contribution in [2.24, 2.45) is 0 Å². The molecule has 0 spiro atoms. The van der Waals surface area contributed by atoms with Gasteiger partial charge in [-0.25, -0.2) is 4.79 Å². The highest BCUT2D eigenvalue weighted by Crippen LogP contribution is 2.25. The molecule has 4 heteroatoms. The van der Waals surface area contributed by atoms with E-state index in [1.165, 1.54) is 89.9 Å². The Morgan fingerprint density at radius 2 is 0.886 bits per heavy atom. The zero-order valence-electron chi connectivity index (χ0n) is 23.2. The Hall–Kier alpha value is -1.71. The molecule has 4 nitrogen and oxygen atoms in total. The summed E-state index contributed by atoms with van der Waals surface area (Å²) in [7, 11) is 0. The lowest BCUT2D eigenvalue weighted by Gasteiger charge is -2.13. The average Bonchev–Trinajstić information content (AvgIpc) is 2.87. The number of carbonyl (C=O) groups excluding carboxylic acids is 1. The number of esters is 1. The van der Waals surface area contributed by atoms with E-state index in [1.807, 2.05) is 6.07 Å². The van der Waals surface area contributed by atoms with Gasteiger partial charge in [0.1, 0.15) is 11.5 Å². The van der Waals surface area contributed by atoms with Gasteiger partial charge in [-0.2, -0.15) is 0 Å². The first-order chi connectivity index (χ1) is 17.2. The van der Waals surface area contributed by atoms with Crippen LogP contribution in [0.3, 0.4) is 0 Å². The third-order valence-electron chi connectivity index (χ3n) is 6.38. The lowest BCUT2D eigenvalue weighted by Crippen LogP contribution is -2.08. The summed E-state index contributed by atoms with van der Waals surface area (Å²) in [6.07, 6.45) is 21.7. The van der Waals surface area contributed by atoms with E-state index >= 15 is 0 Å². The van der Waals surface area contributed by atoms with E-state index in [9.17, 15) is 4.79 Å². The SMILES string of the molecule is CCCCCCCCOC(=O)c1cc(OCCCCCCCC)cc(OCCCCCCCC)c1. The van der Waals surface area contributed by atoms with Gasteiger partial charge in [0.15, 0.2) is 0 Å². The van der Waals surface area contributed by atoms with E-state index in [0.717, 1.165) is 25.7 Å². The van der Waals surface area contributed by atoms with E-state index in [0.29, 0.717) is 36.9 Å². The molecule has 0 radical (unpaired) electrons. The highest BCUT2D eigenvalue weighted by atomic mass is 16.5. The Morgan fingerprint density at radius 1 is 0.514 bits per heavy atom. The standard InChI is InChI=1S/C31H54O4/c1-4-7-10-13-16-19-22-33-29-25-28(31(32)35-24-21-18-15-12-9-6-3)26-30(27-29)34-23-20-17-14-11-8-5-2/h25-27H,4-24H2,1-3H3. The second kappa shape index (κ2) is 22.7. The van der Waals surface area contributed by atoms with Crippen molar-refractivity contribution in [3.05, 3.63) is 23.8 Å². The summed E-state index contributed by atoms with van der Waals surface area (Å²) >= 11 is 0. The van der Waals surface area contributed by atoms with Gasteiger partial charge in [0.05, 0.1) is 25.4 Å². The topological polar surface area (TPSA) is 44.8 Å². The molecule has 202 valence electrons. The second-order valence-electron chi connectivity index (χ2n) is 9.83. The average molecular weight is 491 g/mol. The third-order valence-corrected chi connectivity index (χ3v) is 6.38. The molecule has 0 aromatic heterocycles. The molecule has 35 heavy (non-hydrogen) atoms. The highest BCUT2D eigenvalue weighted by molar-refractivity contribution is 5.90. The van der Waals surface area contributed by atoms with Gasteiger partial charge in [0.25, 0.3) is 0 Å². The lowest BCUT2D eigenvalue weighted by atomic mass is 10.1. The fourth-order valence-electron chi connectivity index (χ4n) is 4.13. The van der Waals surface area contributed by atoms with Crippen molar-refractivity contribution >= 4 is 5.97 Å². The molecule has 0 saturated carbocycles. The van der Waals surface area contributed by atoms with Gasteiger partial charge in [-0.05, 0) is 31.4 Å². The van der Waals surface area contributed by atoms with Crippen LogP contribution in [0.15, 0.2) is 18.2 Å². The first kappa shape index (κ1) is 31.3. The lowest BCUT2D eigenvalue weighted by molar-refractivity contribution is 0.0496. The molecule has 0 atom stereocenters. The smallest absolute Gasteiger partial charge is 0.338 e. The molecule has 0 unspecified atom stereocenters. The van der Waals surface area contributed by atoms with Crippen LogP contribution in [0, 0.1) is 0 Å². The summed E-state index contributed by atoms with van der Waals surface area (Å²) in [5.41, 5.74) is 0.523. The maximum absolute atomic E-state index is 12.7. The van der Waals surface area contributed by atoms with Crippen molar-refractivity contribution in [2.45, 2.75) is 136 Å². The number of benzene rings is 1. The van der Waals surface area contributed by atoms with Crippen LogP contribution in [-0.2, 0) is 4.74 Å². The molecule has 0 amide bonds. The summed E-state index contributed by atoms with van der Waals surface area (Å²) in [4.78, 5) is 12.7. The Morgan fingerprint density at radius 3 is 1.31 bits per heavy atom. The molecule has 0 aliphatic rings. The summed E-state index contributed by atoms with van der Waals surface area (Å²) in [6, 6.07) is 5.52. The van der Waals surface area contributed by atoms with Gasteiger partial charge >= 0.3 is 5.97 Å². The van der Waals surface area contributed by atoms with E-state index in [-0.39, 0.29) is 5.97 Å². The Balaban J connectivity index is 2.53. The van der Waals surface area contributed by atoms with E-state index < -0.39 is 0 Å². The van der Waals surface area contributed by atoms with Gasteiger partial charge in [0.2, 0.25) is 0 Å². The third kappa shape index (κ3) is 17.4. The van der Waals surface area contributed by atoms with Crippen LogP contribution in [0.2, 0.25) is 0 Å². The van der Waals surface area contributed by atoms with Crippen LogP contribution in [0.25, 0.3) is 0 Å². The number of unbranched alkanes of at least 4 members (excludes halogenated alkanes) is 15. The van der Waals surface area contributed by atoms with Crippen molar-refractivity contribution in [1.29, 1.82) is 0 Å². The summed E-state index contributed by atoms with van der Waals surface area (Å²) < 4.78 is 17.6. The Kier molecular flexibility index (Phi) is 20.3. The number of carbonyl (C=O) groups is 1. The van der Waals surface area contributed by atoms with Crippen molar-refractivity contribution < 1.29 is 19.0 Å². The van der Waals surface area contributed by atoms with Gasteiger partial charge in [-0.15, -0.1) is 0 Å². The fourth-order valence-corrected chi connectivity index (χ4v) is 4.13. The van der Waals surface area contributed by atoms with Crippen molar-refractivity contribution in [2.75, 3.05) is 19.8 Å². The number of hydrogen-bond donors (Lipinski definition) is 0. The highest BCUT2D eigenvalue weighted by Gasteiger charge is 2.12. The van der Waals surface area contributed by atoms with Gasteiger partial charge in [-0.1, -0.05) is 117 Å². The maximum atomic E-state index is 12.7. The normalized spacial score (nSPS) is 10.9. The van der Waals surface area contributed by atoms with Crippen molar-refractivity contribution in [1.82, 2.24) is 0 Å². The monoisotopic (exact) mass is 490 g/mol. The molecular formula is C31H54O4. The first-order valence-corrected chi connectivity index (χ1v) is 14.8. The zero-order valence-corrected chi connectivity index (χ0v) is 23.2. The summed E-state index contributed by atoms with van der Waals surface area (Å²) in [5.74, 6) is 1.11. The zero-order chi connectivity index (χ0) is 25.4. The molecule has 0 aliphatic carbocycles.